The first-order chi connectivity index (χ1) is 24.3. The van der Waals surface area contributed by atoms with Gasteiger partial charge in [-0.25, -0.2) is 9.97 Å². The molecule has 6 heterocycles. The number of halogens is 4. The Kier molecular flexibility index (Phi) is 8.95. The van der Waals surface area contributed by atoms with Crippen LogP contribution in [-0.4, -0.2) is 89.8 Å². The summed E-state index contributed by atoms with van der Waals surface area (Å²) in [4.78, 5) is 57.5. The van der Waals surface area contributed by atoms with Crippen LogP contribution in [0.3, 0.4) is 0 Å². The van der Waals surface area contributed by atoms with Crippen molar-refractivity contribution in [2.24, 2.45) is 5.92 Å². The van der Waals surface area contributed by atoms with Crippen LogP contribution in [0, 0.1) is 12.8 Å². The maximum absolute atomic E-state index is 14.3. The Bertz CT molecular complexity index is 2150. The van der Waals surface area contributed by atoms with Crippen molar-refractivity contribution >= 4 is 46.1 Å². The number of anilines is 2. The van der Waals surface area contributed by atoms with Crippen LogP contribution in [0.2, 0.25) is 5.02 Å². The van der Waals surface area contributed by atoms with Gasteiger partial charge in [0.1, 0.15) is 18.6 Å². The van der Waals surface area contributed by atoms with Crippen molar-refractivity contribution in [2.45, 2.75) is 51.9 Å². The first-order valence-electron chi connectivity index (χ1n) is 16.4. The molecule has 2 saturated heterocycles. The zero-order valence-electron chi connectivity index (χ0n) is 27.6. The zero-order valence-corrected chi connectivity index (χ0v) is 28.3. The first kappa shape index (κ1) is 34.4. The lowest BCUT2D eigenvalue weighted by atomic mass is 9.81. The highest BCUT2D eigenvalue weighted by Crippen LogP contribution is 2.38. The molecule has 268 valence electrons. The molecule has 7 rings (SSSR count). The molecule has 2 fully saturated rings. The molecule has 51 heavy (non-hydrogen) atoms. The van der Waals surface area contributed by atoms with Gasteiger partial charge < -0.3 is 29.5 Å². The smallest absolute Gasteiger partial charge is 0.416 e. The second kappa shape index (κ2) is 13.3. The number of aromatic nitrogens is 6. The van der Waals surface area contributed by atoms with Gasteiger partial charge in [0.05, 0.1) is 46.9 Å². The molecular formula is C33H33ClF3N9O5. The van der Waals surface area contributed by atoms with E-state index in [2.05, 4.69) is 25.4 Å². The molecule has 1 aromatic carbocycles. The lowest BCUT2D eigenvalue weighted by molar-refractivity contribution is -0.137. The van der Waals surface area contributed by atoms with Gasteiger partial charge in [-0.2, -0.15) is 22.7 Å². The zero-order chi connectivity index (χ0) is 36.2. The Labute approximate surface area is 293 Å². The summed E-state index contributed by atoms with van der Waals surface area (Å²) in [5.74, 6) is -0.750. The summed E-state index contributed by atoms with van der Waals surface area (Å²) in [5.41, 5.74) is 0.355. The minimum atomic E-state index is -4.61. The Hall–Kier alpha value is -5.03. The number of benzene rings is 1. The number of aryl methyl sites for hydroxylation is 1. The highest BCUT2D eigenvalue weighted by molar-refractivity contribution is 6.33. The number of carbonyl (C=O) groups is 2. The molecule has 14 nitrogen and oxygen atoms in total. The second-order valence-electron chi connectivity index (χ2n) is 12.7. The number of nitrogens with zero attached hydrogens (tertiary/aromatic N) is 8. The average molecular weight is 728 g/mol. The Morgan fingerprint density at radius 1 is 1.20 bits per heavy atom. The van der Waals surface area contributed by atoms with Gasteiger partial charge in [-0.05, 0) is 50.0 Å². The summed E-state index contributed by atoms with van der Waals surface area (Å²) in [6.45, 7) is 5.08. The van der Waals surface area contributed by atoms with E-state index in [1.165, 1.54) is 10.8 Å². The van der Waals surface area contributed by atoms with Gasteiger partial charge in [0, 0.05) is 25.6 Å². The van der Waals surface area contributed by atoms with Crippen LogP contribution in [0.5, 0.6) is 5.75 Å². The maximum atomic E-state index is 14.3. The van der Waals surface area contributed by atoms with E-state index >= 15 is 0 Å². The first-order valence-corrected chi connectivity index (χ1v) is 16.8. The van der Waals surface area contributed by atoms with Crippen LogP contribution in [0.1, 0.15) is 53.0 Å². The number of hydrogen-bond donors (Lipinski definition) is 2. The fourth-order valence-electron chi connectivity index (χ4n) is 6.90. The Balaban J connectivity index is 1.25. The van der Waals surface area contributed by atoms with Crippen LogP contribution in [0.25, 0.3) is 11.4 Å². The number of piperidine rings is 1. The third kappa shape index (κ3) is 6.28. The van der Waals surface area contributed by atoms with Crippen molar-refractivity contribution < 1.29 is 32.6 Å². The molecule has 2 atom stereocenters. The van der Waals surface area contributed by atoms with Gasteiger partial charge in [-0.15, -0.1) is 5.10 Å². The average Bonchev–Trinajstić information content (AvgIpc) is 3.55. The van der Waals surface area contributed by atoms with E-state index in [4.69, 9.17) is 16.3 Å². The van der Waals surface area contributed by atoms with Crippen LogP contribution >= 0.6 is 11.6 Å². The molecule has 3 aromatic heterocycles. The van der Waals surface area contributed by atoms with Crippen molar-refractivity contribution in [2.75, 3.05) is 43.1 Å². The third-order valence-corrected chi connectivity index (χ3v) is 9.93. The van der Waals surface area contributed by atoms with Gasteiger partial charge >= 0.3 is 6.18 Å². The number of fused-ring (bicyclic) bond motifs is 2. The highest BCUT2D eigenvalue weighted by atomic mass is 35.5. The highest BCUT2D eigenvalue weighted by Gasteiger charge is 2.46. The van der Waals surface area contributed by atoms with Crippen molar-refractivity contribution in [1.82, 2.24) is 34.0 Å². The predicted octanol–water partition coefficient (Wildman–Crippen LogP) is 3.72. The van der Waals surface area contributed by atoms with E-state index in [1.807, 2.05) is 17.9 Å². The molecule has 2 unspecified atom stereocenters. The number of amides is 2. The summed E-state index contributed by atoms with van der Waals surface area (Å²) in [7, 11) is 0. The van der Waals surface area contributed by atoms with Crippen molar-refractivity contribution in [1.29, 1.82) is 0 Å². The number of carbonyl (C=O) groups excluding carboxylic acids is 2. The molecular weight excluding hydrogens is 695 g/mol. The predicted molar refractivity (Wildman–Crippen MR) is 179 cm³/mol. The SMILES string of the molecule is CCc1c(N2CC3CCN(C(=O)c4ncnc(C)c4O)CC32)c(=O)n2nc(C3=CCOCC3)nc2n1CC(=O)Nc1ccc(C(F)(F)F)cc1Cl. The molecule has 2 amide bonds. The molecule has 18 heteroatoms. The van der Waals surface area contributed by atoms with E-state index in [0.717, 1.165) is 23.8 Å². The van der Waals surface area contributed by atoms with E-state index in [-0.39, 0.29) is 58.7 Å². The van der Waals surface area contributed by atoms with Crippen molar-refractivity contribution in [3.63, 3.8) is 0 Å². The Morgan fingerprint density at radius 2 is 2.00 bits per heavy atom. The van der Waals surface area contributed by atoms with Crippen LogP contribution in [0.15, 0.2) is 35.4 Å². The molecule has 0 spiro atoms. The molecule has 2 N–H and O–H groups in total. The lowest BCUT2D eigenvalue weighted by Gasteiger charge is -2.54. The fourth-order valence-corrected chi connectivity index (χ4v) is 7.13. The monoisotopic (exact) mass is 727 g/mol. The third-order valence-electron chi connectivity index (χ3n) is 9.62. The molecule has 0 bridgehead atoms. The van der Waals surface area contributed by atoms with Gasteiger partial charge in [0.15, 0.2) is 17.3 Å². The van der Waals surface area contributed by atoms with Crippen LogP contribution in [-0.2, 0) is 28.7 Å². The van der Waals surface area contributed by atoms with E-state index in [9.17, 15) is 32.7 Å². The number of hydrogen-bond acceptors (Lipinski definition) is 10. The number of alkyl halides is 3. The summed E-state index contributed by atoms with van der Waals surface area (Å²) in [6, 6.07) is 2.40. The maximum Gasteiger partial charge on any atom is 0.416 e. The van der Waals surface area contributed by atoms with Crippen molar-refractivity contribution in [3.8, 4) is 5.75 Å². The van der Waals surface area contributed by atoms with Gasteiger partial charge in [0.2, 0.25) is 11.7 Å². The normalized spacial score (nSPS) is 19.1. The minimum absolute atomic E-state index is 0.0120. The van der Waals surface area contributed by atoms with E-state index < -0.39 is 29.1 Å². The fraction of sp³-hybridized carbons (Fsp3) is 0.424. The summed E-state index contributed by atoms with van der Waals surface area (Å²) in [5, 5.41) is 17.4. The molecule has 3 aliphatic rings. The lowest BCUT2D eigenvalue weighted by Crippen LogP contribution is -2.66. The number of aromatic hydroxyl groups is 1. The van der Waals surface area contributed by atoms with E-state index in [0.29, 0.717) is 62.8 Å². The van der Waals surface area contributed by atoms with E-state index in [1.54, 1.807) is 16.4 Å². The Morgan fingerprint density at radius 3 is 2.71 bits per heavy atom. The van der Waals surface area contributed by atoms with Crippen LogP contribution in [0.4, 0.5) is 24.5 Å². The standard InChI is InChI=1S/C33H33ClF3N9O5/c1-3-23-27(44-13-19-6-9-43(14-24(19)44)30(49)26-28(48)17(2)38-16-39-26)31(50)46-32(41-29(42-46)18-7-10-51-11-8-18)45(23)15-25(47)40-22-5-4-20(12-21(22)34)33(35,36)37/h4-5,7,12,16,19,24,48H,3,6,8-11,13-15H2,1-2H3,(H,40,47). The van der Waals surface area contributed by atoms with Gasteiger partial charge in [-0.1, -0.05) is 24.6 Å². The summed E-state index contributed by atoms with van der Waals surface area (Å²) in [6.07, 6.45) is -0.0688. The molecule has 3 aliphatic heterocycles. The van der Waals surface area contributed by atoms with Gasteiger partial charge in [-0.3, -0.25) is 14.4 Å². The molecule has 0 aliphatic carbocycles. The minimum Gasteiger partial charge on any atom is -0.504 e. The second-order valence-corrected chi connectivity index (χ2v) is 13.1. The van der Waals surface area contributed by atoms with Crippen LogP contribution < -0.4 is 15.8 Å². The molecule has 0 radical (unpaired) electrons. The van der Waals surface area contributed by atoms with Crippen molar-refractivity contribution in [3.05, 3.63) is 74.4 Å². The summed E-state index contributed by atoms with van der Waals surface area (Å²) < 4.78 is 47.8. The van der Waals surface area contributed by atoms with Gasteiger partial charge in [0.25, 0.3) is 11.5 Å². The molecule has 4 aromatic rings. The molecule has 0 saturated carbocycles. The number of rotatable bonds is 7. The number of ether oxygens (including phenoxy) is 1. The topological polar surface area (TPSA) is 160 Å². The quantitative estimate of drug-likeness (QED) is 0.287. The summed E-state index contributed by atoms with van der Waals surface area (Å²) >= 11 is 6.13. The number of likely N-dealkylation sites (tertiary alicyclic amines) is 1. The number of nitrogens with one attached hydrogen (secondary N) is 1. The largest absolute Gasteiger partial charge is 0.504 e.